The van der Waals surface area contributed by atoms with E-state index in [9.17, 15) is 8.42 Å². The third-order valence-corrected chi connectivity index (χ3v) is 5.65. The van der Waals surface area contributed by atoms with Crippen LogP contribution in [0.15, 0.2) is 29.2 Å². The summed E-state index contributed by atoms with van der Waals surface area (Å²) in [6.07, 6.45) is 1.23. The summed E-state index contributed by atoms with van der Waals surface area (Å²) in [6.45, 7) is 8.29. The van der Waals surface area contributed by atoms with Crippen LogP contribution in [-0.2, 0) is 9.84 Å². The summed E-state index contributed by atoms with van der Waals surface area (Å²) in [5.74, 6) is 0. The maximum Gasteiger partial charge on any atom is 0.175 e. The highest BCUT2D eigenvalue weighted by atomic mass is 32.2. The Bertz CT molecular complexity index is 761. The van der Waals surface area contributed by atoms with E-state index in [1.807, 2.05) is 13.0 Å². The van der Waals surface area contributed by atoms with Crippen LogP contribution in [0.4, 0.5) is 5.69 Å². The molecule has 0 spiro atoms. The minimum absolute atomic E-state index is 0.142. The number of sulfone groups is 1. The third kappa shape index (κ3) is 3.66. The molecule has 1 atom stereocenters. The molecule has 3 nitrogen and oxygen atoms in total. The van der Waals surface area contributed by atoms with Gasteiger partial charge < -0.3 is 5.32 Å². The molecule has 5 heteroatoms. The summed E-state index contributed by atoms with van der Waals surface area (Å²) in [4.78, 5) is 2.93. The van der Waals surface area contributed by atoms with Gasteiger partial charge in [-0.1, -0.05) is 6.07 Å². The lowest BCUT2D eigenvalue weighted by Crippen LogP contribution is -2.09. The van der Waals surface area contributed by atoms with Crippen molar-refractivity contribution in [1.29, 1.82) is 0 Å². The van der Waals surface area contributed by atoms with Crippen molar-refractivity contribution in [3.8, 4) is 0 Å². The lowest BCUT2D eigenvalue weighted by atomic mass is 10.1. The van der Waals surface area contributed by atoms with Crippen LogP contribution in [0.5, 0.6) is 0 Å². The molecule has 1 heterocycles. The lowest BCUT2D eigenvalue weighted by molar-refractivity contribution is 0.602. The zero-order valence-corrected chi connectivity index (χ0v) is 14.7. The first-order valence-corrected chi connectivity index (χ1v) is 9.53. The number of thiophene rings is 1. The number of hydrogen-bond donors (Lipinski definition) is 1. The summed E-state index contributed by atoms with van der Waals surface area (Å²) in [5.41, 5.74) is 3.18. The Balaban J connectivity index is 2.33. The molecule has 2 aromatic rings. The molecular formula is C16H21NO2S2. The zero-order chi connectivity index (χ0) is 15.8. The highest BCUT2D eigenvalue weighted by Crippen LogP contribution is 2.30. The van der Waals surface area contributed by atoms with Gasteiger partial charge in [0.25, 0.3) is 0 Å². The number of hydrogen-bond acceptors (Lipinski definition) is 4. The second-order valence-corrected chi connectivity index (χ2v) is 8.96. The lowest BCUT2D eigenvalue weighted by Gasteiger charge is -2.18. The van der Waals surface area contributed by atoms with E-state index < -0.39 is 9.84 Å². The Labute approximate surface area is 130 Å². The van der Waals surface area contributed by atoms with Crippen molar-refractivity contribution in [2.75, 3.05) is 11.6 Å². The maximum absolute atomic E-state index is 11.7. The van der Waals surface area contributed by atoms with E-state index in [1.54, 1.807) is 23.5 Å². The van der Waals surface area contributed by atoms with Gasteiger partial charge in [0, 0.05) is 27.7 Å². The van der Waals surface area contributed by atoms with Crippen LogP contribution < -0.4 is 5.32 Å². The van der Waals surface area contributed by atoms with Gasteiger partial charge in [0.1, 0.15) is 0 Å². The Morgan fingerprint density at radius 1 is 1.14 bits per heavy atom. The van der Waals surface area contributed by atoms with E-state index in [-0.39, 0.29) is 6.04 Å². The van der Waals surface area contributed by atoms with Crippen LogP contribution >= 0.6 is 11.3 Å². The zero-order valence-electron chi connectivity index (χ0n) is 13.0. The molecule has 1 aromatic carbocycles. The fourth-order valence-electron chi connectivity index (χ4n) is 2.38. The predicted molar refractivity (Wildman–Crippen MR) is 90.1 cm³/mol. The van der Waals surface area contributed by atoms with Crippen LogP contribution in [0.25, 0.3) is 0 Å². The summed E-state index contributed by atoms with van der Waals surface area (Å²) < 4.78 is 23.4. The van der Waals surface area contributed by atoms with E-state index in [0.29, 0.717) is 4.90 Å². The molecule has 0 aliphatic carbocycles. The topological polar surface area (TPSA) is 46.2 Å². The summed E-state index contributed by atoms with van der Waals surface area (Å²) in [6, 6.07) is 7.55. The first kappa shape index (κ1) is 16.0. The van der Waals surface area contributed by atoms with Crippen molar-refractivity contribution in [3.63, 3.8) is 0 Å². The normalized spacial score (nSPS) is 13.2. The summed E-state index contributed by atoms with van der Waals surface area (Å²) >= 11 is 1.78. The summed E-state index contributed by atoms with van der Waals surface area (Å²) in [7, 11) is -3.18. The number of aryl methyl sites for hydroxylation is 3. The third-order valence-electron chi connectivity index (χ3n) is 3.56. The molecule has 1 unspecified atom stereocenters. The van der Waals surface area contributed by atoms with Gasteiger partial charge in [-0.15, -0.1) is 11.3 Å². The summed E-state index contributed by atoms with van der Waals surface area (Å²) in [5, 5.41) is 3.44. The SMILES string of the molecule is Cc1cc(C(C)Nc2cc(S(C)(=O)=O)ccc2C)c(C)s1. The van der Waals surface area contributed by atoms with Gasteiger partial charge in [0.05, 0.1) is 4.90 Å². The van der Waals surface area contributed by atoms with Crippen LogP contribution in [-0.4, -0.2) is 14.7 Å². The van der Waals surface area contributed by atoms with Crippen molar-refractivity contribution in [3.05, 3.63) is 45.1 Å². The smallest absolute Gasteiger partial charge is 0.175 e. The van der Waals surface area contributed by atoms with Crippen molar-refractivity contribution >= 4 is 26.9 Å². The fourth-order valence-corrected chi connectivity index (χ4v) is 4.05. The van der Waals surface area contributed by atoms with Crippen molar-refractivity contribution < 1.29 is 8.42 Å². The minimum Gasteiger partial charge on any atom is -0.378 e. The van der Waals surface area contributed by atoms with Crippen molar-refractivity contribution in [1.82, 2.24) is 0 Å². The molecule has 0 bridgehead atoms. The molecule has 0 saturated carbocycles. The van der Waals surface area contributed by atoms with E-state index in [4.69, 9.17) is 0 Å². The van der Waals surface area contributed by atoms with E-state index >= 15 is 0 Å². The van der Waals surface area contributed by atoms with Crippen LogP contribution in [0.2, 0.25) is 0 Å². The number of nitrogens with one attached hydrogen (secondary N) is 1. The standard InChI is InChI=1S/C16H21NO2S2/c1-10-6-7-14(21(5,18)19)9-16(10)17-12(3)15-8-11(2)20-13(15)4/h6-9,12,17H,1-5H3. The van der Waals surface area contributed by atoms with Crippen LogP contribution in [0.3, 0.4) is 0 Å². The molecule has 0 aliphatic heterocycles. The number of rotatable bonds is 4. The number of benzene rings is 1. The van der Waals surface area contributed by atoms with Gasteiger partial charge in [0.2, 0.25) is 0 Å². The Morgan fingerprint density at radius 3 is 2.33 bits per heavy atom. The maximum atomic E-state index is 11.7. The second kappa shape index (κ2) is 5.81. The van der Waals surface area contributed by atoms with E-state index in [0.717, 1.165) is 11.3 Å². The highest BCUT2D eigenvalue weighted by molar-refractivity contribution is 7.90. The molecule has 0 amide bonds. The first-order valence-electron chi connectivity index (χ1n) is 6.82. The molecule has 0 saturated heterocycles. The molecule has 2 rings (SSSR count). The average molecular weight is 323 g/mol. The van der Waals surface area contributed by atoms with Gasteiger partial charge in [-0.2, -0.15) is 0 Å². The first-order chi connectivity index (χ1) is 9.68. The quantitative estimate of drug-likeness (QED) is 0.915. The Hall–Kier alpha value is -1.33. The Morgan fingerprint density at radius 2 is 1.81 bits per heavy atom. The molecule has 1 N–H and O–H groups in total. The molecule has 1 aromatic heterocycles. The molecule has 0 aliphatic rings. The van der Waals surface area contributed by atoms with Gasteiger partial charge in [-0.05, 0) is 57.0 Å². The van der Waals surface area contributed by atoms with Crippen molar-refractivity contribution in [2.45, 2.75) is 38.6 Å². The molecule has 0 radical (unpaired) electrons. The monoisotopic (exact) mass is 323 g/mol. The predicted octanol–water partition coefficient (Wildman–Crippen LogP) is 4.25. The van der Waals surface area contributed by atoms with Gasteiger partial charge in [0.15, 0.2) is 9.84 Å². The molecular weight excluding hydrogens is 302 g/mol. The van der Waals surface area contributed by atoms with E-state index in [2.05, 4.69) is 32.2 Å². The largest absolute Gasteiger partial charge is 0.378 e. The molecule has 21 heavy (non-hydrogen) atoms. The fraction of sp³-hybridized carbons (Fsp3) is 0.375. The van der Waals surface area contributed by atoms with Gasteiger partial charge >= 0.3 is 0 Å². The Kier molecular flexibility index (Phi) is 4.44. The second-order valence-electron chi connectivity index (χ2n) is 5.48. The van der Waals surface area contributed by atoms with Crippen LogP contribution in [0, 0.1) is 20.8 Å². The van der Waals surface area contributed by atoms with Crippen LogP contribution in [0.1, 0.15) is 33.8 Å². The minimum atomic E-state index is -3.18. The van der Waals surface area contributed by atoms with Crippen molar-refractivity contribution in [2.24, 2.45) is 0 Å². The van der Waals surface area contributed by atoms with E-state index in [1.165, 1.54) is 21.6 Å². The number of anilines is 1. The van der Waals surface area contributed by atoms with Gasteiger partial charge in [-0.25, -0.2) is 8.42 Å². The highest BCUT2D eigenvalue weighted by Gasteiger charge is 2.14. The molecule has 114 valence electrons. The average Bonchev–Trinajstić information content (AvgIpc) is 2.70. The van der Waals surface area contributed by atoms with Gasteiger partial charge in [-0.3, -0.25) is 0 Å². The molecule has 0 fully saturated rings.